The van der Waals surface area contributed by atoms with Crippen molar-refractivity contribution >= 4 is 45.7 Å². The molecule has 2 aliphatic heterocycles. The third kappa shape index (κ3) is 5.82. The summed E-state index contributed by atoms with van der Waals surface area (Å²) in [6.45, 7) is 5.29. The maximum atomic E-state index is 13.7. The van der Waals surface area contributed by atoms with Crippen molar-refractivity contribution in [1.29, 1.82) is 0 Å². The molecule has 1 amide bonds. The number of anilines is 1. The summed E-state index contributed by atoms with van der Waals surface area (Å²) >= 11 is 2.69. The van der Waals surface area contributed by atoms with Gasteiger partial charge in [0.25, 0.3) is 5.78 Å². The Morgan fingerprint density at radius 1 is 0.955 bits per heavy atom. The predicted molar refractivity (Wildman–Crippen MR) is 167 cm³/mol. The molecule has 1 N–H and O–H groups in total. The van der Waals surface area contributed by atoms with Crippen molar-refractivity contribution in [2.45, 2.75) is 30.0 Å². The quantitative estimate of drug-likeness (QED) is 0.0731. The molecule has 1 aromatic heterocycles. The summed E-state index contributed by atoms with van der Waals surface area (Å²) in [5.41, 5.74) is 1.87. The van der Waals surface area contributed by atoms with Crippen molar-refractivity contribution in [2.75, 3.05) is 31.3 Å². The summed E-state index contributed by atoms with van der Waals surface area (Å²) in [5, 5.41) is 20.5. The Bertz CT molecular complexity index is 1720. The number of rotatable bonds is 10. The summed E-state index contributed by atoms with van der Waals surface area (Å²) in [7, 11) is 0. The van der Waals surface area contributed by atoms with Crippen LogP contribution in [0.25, 0.3) is 5.76 Å². The highest BCUT2D eigenvalue weighted by atomic mass is 32.2. The van der Waals surface area contributed by atoms with Gasteiger partial charge in [-0.1, -0.05) is 59.5 Å². The number of carbonyl (C=O) groups is 2. The van der Waals surface area contributed by atoms with Gasteiger partial charge in [-0.3, -0.25) is 14.5 Å². The Labute approximate surface area is 262 Å². The minimum Gasteiger partial charge on any atom is -0.507 e. The number of aliphatic hydroxyl groups excluding tert-OH is 1. The Balaban J connectivity index is 1.44. The number of carbonyl (C=O) groups excluding carboxylic acids is 2. The van der Waals surface area contributed by atoms with E-state index in [2.05, 4.69) is 10.2 Å². The standard InChI is InChI=1S/C32H29N3O7S2/c1-3-39-22-12-10-20(16-24(22)40-4-2)27-26(28(36)21-11-13-23-25(17-21)42-15-14-41-23)29(37)30(38)35(27)31-33-34-32(44-31)43-18-19-8-6-5-7-9-19/h5-13,16-17,27,36H,3-4,14-15,18H2,1-2H3. The molecule has 44 heavy (non-hydrogen) atoms. The van der Waals surface area contributed by atoms with Gasteiger partial charge >= 0.3 is 5.91 Å². The molecule has 0 aliphatic carbocycles. The minimum absolute atomic E-state index is 0.0908. The third-order valence-corrected chi connectivity index (χ3v) is 9.08. The number of nitrogens with zero attached hydrogens (tertiary/aromatic N) is 3. The number of thioether (sulfide) groups is 1. The van der Waals surface area contributed by atoms with Gasteiger partial charge in [-0.05, 0) is 55.3 Å². The third-order valence-electron chi connectivity index (χ3n) is 6.95. The summed E-state index contributed by atoms with van der Waals surface area (Å²) in [6.07, 6.45) is 0. The molecular formula is C32H29N3O7S2. The normalized spacial score (nSPS) is 17.1. The number of benzene rings is 3. The number of fused-ring (bicyclic) bond motifs is 1. The Hall–Kier alpha value is -4.55. The summed E-state index contributed by atoms with van der Waals surface area (Å²) < 4.78 is 23.5. The topological polar surface area (TPSA) is 120 Å². The largest absolute Gasteiger partial charge is 0.507 e. The molecule has 1 fully saturated rings. The van der Waals surface area contributed by atoms with E-state index in [-0.39, 0.29) is 16.5 Å². The molecule has 226 valence electrons. The molecule has 0 radical (unpaired) electrons. The van der Waals surface area contributed by atoms with E-state index in [0.29, 0.717) is 70.6 Å². The molecule has 4 aromatic rings. The average molecular weight is 632 g/mol. The van der Waals surface area contributed by atoms with E-state index in [1.807, 2.05) is 44.2 Å². The lowest BCUT2D eigenvalue weighted by Gasteiger charge is -2.24. The first-order chi connectivity index (χ1) is 21.5. The number of ether oxygens (including phenoxy) is 4. The van der Waals surface area contributed by atoms with Crippen molar-refractivity contribution in [3.8, 4) is 23.0 Å². The van der Waals surface area contributed by atoms with Crippen molar-refractivity contribution in [2.24, 2.45) is 0 Å². The second-order valence-electron chi connectivity index (χ2n) is 9.72. The molecule has 3 aromatic carbocycles. The van der Waals surface area contributed by atoms with E-state index in [4.69, 9.17) is 18.9 Å². The van der Waals surface area contributed by atoms with Gasteiger partial charge in [0.15, 0.2) is 27.3 Å². The van der Waals surface area contributed by atoms with Crippen LogP contribution in [0.4, 0.5) is 5.13 Å². The summed E-state index contributed by atoms with van der Waals surface area (Å²) in [6, 6.07) is 19.0. The zero-order valence-electron chi connectivity index (χ0n) is 24.0. The van der Waals surface area contributed by atoms with E-state index in [1.165, 1.54) is 28.0 Å². The average Bonchev–Trinajstić information content (AvgIpc) is 3.62. The first-order valence-electron chi connectivity index (χ1n) is 14.1. The van der Waals surface area contributed by atoms with Crippen LogP contribution in [0.15, 0.2) is 76.6 Å². The van der Waals surface area contributed by atoms with Gasteiger partial charge in [0.05, 0.1) is 24.8 Å². The molecule has 0 bridgehead atoms. The molecule has 3 heterocycles. The van der Waals surface area contributed by atoms with Gasteiger partial charge in [0.2, 0.25) is 5.13 Å². The lowest BCUT2D eigenvalue weighted by atomic mass is 9.95. The number of hydrogen-bond donors (Lipinski definition) is 1. The number of aliphatic hydroxyl groups is 1. The molecule has 6 rings (SSSR count). The van der Waals surface area contributed by atoms with Crippen LogP contribution in [-0.4, -0.2) is 53.4 Å². The van der Waals surface area contributed by atoms with Crippen LogP contribution in [-0.2, 0) is 15.3 Å². The van der Waals surface area contributed by atoms with Crippen molar-refractivity contribution < 1.29 is 33.6 Å². The van der Waals surface area contributed by atoms with Gasteiger partial charge in [-0.25, -0.2) is 0 Å². The second kappa shape index (κ2) is 13.0. The maximum Gasteiger partial charge on any atom is 0.301 e. The number of amides is 1. The van der Waals surface area contributed by atoms with Crippen LogP contribution in [0.2, 0.25) is 0 Å². The molecule has 12 heteroatoms. The van der Waals surface area contributed by atoms with E-state index in [9.17, 15) is 14.7 Å². The van der Waals surface area contributed by atoms with Gasteiger partial charge < -0.3 is 24.1 Å². The van der Waals surface area contributed by atoms with E-state index >= 15 is 0 Å². The lowest BCUT2D eigenvalue weighted by molar-refractivity contribution is -0.132. The van der Waals surface area contributed by atoms with Gasteiger partial charge in [0, 0.05) is 11.3 Å². The Kier molecular flexibility index (Phi) is 8.71. The van der Waals surface area contributed by atoms with Gasteiger partial charge in [-0.2, -0.15) is 0 Å². The fraction of sp³-hybridized carbons (Fsp3) is 0.250. The number of hydrogen-bond acceptors (Lipinski definition) is 11. The lowest BCUT2D eigenvalue weighted by Crippen LogP contribution is -2.29. The zero-order chi connectivity index (χ0) is 30.6. The number of aromatic nitrogens is 2. The van der Waals surface area contributed by atoms with Crippen LogP contribution in [0.3, 0.4) is 0 Å². The van der Waals surface area contributed by atoms with Gasteiger partial charge in [-0.15, -0.1) is 10.2 Å². The number of Topliss-reactive ketones (excluding diaryl/α,β-unsaturated/α-hetero) is 1. The monoisotopic (exact) mass is 631 g/mol. The van der Waals surface area contributed by atoms with Crippen LogP contribution in [0.5, 0.6) is 23.0 Å². The molecule has 1 saturated heterocycles. The smallest absolute Gasteiger partial charge is 0.301 e. The van der Waals surface area contributed by atoms with Crippen molar-refractivity contribution in [3.05, 3.63) is 89.0 Å². The zero-order valence-corrected chi connectivity index (χ0v) is 25.7. The van der Waals surface area contributed by atoms with Crippen LogP contribution < -0.4 is 23.8 Å². The molecular weight excluding hydrogens is 603 g/mol. The molecule has 1 atom stereocenters. The number of ketones is 1. The maximum absolute atomic E-state index is 13.7. The summed E-state index contributed by atoms with van der Waals surface area (Å²) in [5.74, 6) is 0.605. The molecule has 10 nitrogen and oxygen atoms in total. The highest BCUT2D eigenvalue weighted by Crippen LogP contribution is 2.46. The van der Waals surface area contributed by atoms with Crippen molar-refractivity contribution in [1.82, 2.24) is 10.2 Å². The first kappa shape index (κ1) is 29.5. The molecule has 1 unspecified atom stereocenters. The van der Waals surface area contributed by atoms with E-state index < -0.39 is 17.7 Å². The Morgan fingerprint density at radius 3 is 2.48 bits per heavy atom. The molecule has 0 saturated carbocycles. The fourth-order valence-electron chi connectivity index (χ4n) is 5.01. The predicted octanol–water partition coefficient (Wildman–Crippen LogP) is 6.03. The SMILES string of the molecule is CCOc1ccc(C2C(=C(O)c3ccc4c(c3)OCCO4)C(=O)C(=O)N2c2nnc(SCc3ccccc3)s2)cc1OCC. The van der Waals surface area contributed by atoms with Crippen LogP contribution in [0, 0.1) is 0 Å². The van der Waals surface area contributed by atoms with E-state index in [0.717, 1.165) is 5.56 Å². The van der Waals surface area contributed by atoms with E-state index in [1.54, 1.807) is 36.4 Å². The molecule has 0 spiro atoms. The second-order valence-corrected chi connectivity index (χ2v) is 11.9. The van der Waals surface area contributed by atoms with Crippen molar-refractivity contribution in [3.63, 3.8) is 0 Å². The summed E-state index contributed by atoms with van der Waals surface area (Å²) in [4.78, 5) is 28.7. The van der Waals surface area contributed by atoms with Gasteiger partial charge in [0.1, 0.15) is 19.0 Å². The first-order valence-corrected chi connectivity index (χ1v) is 15.9. The Morgan fingerprint density at radius 2 is 1.70 bits per heavy atom. The molecule has 2 aliphatic rings. The highest BCUT2D eigenvalue weighted by Gasteiger charge is 2.48. The minimum atomic E-state index is -1.02. The van der Waals surface area contributed by atoms with Crippen LogP contribution in [0.1, 0.15) is 36.6 Å². The fourth-order valence-corrected chi connectivity index (χ4v) is 6.83. The highest BCUT2D eigenvalue weighted by molar-refractivity contribution is 8.00. The van der Waals surface area contributed by atoms with Crippen LogP contribution >= 0.6 is 23.1 Å².